The minimum absolute atomic E-state index is 0. The van der Waals surface area contributed by atoms with Gasteiger partial charge < -0.3 is 15.6 Å². The summed E-state index contributed by atoms with van der Waals surface area (Å²) in [5.41, 5.74) is 7.14. The van der Waals surface area contributed by atoms with E-state index < -0.39 is 0 Å². The van der Waals surface area contributed by atoms with E-state index in [0.717, 1.165) is 5.56 Å². The molecule has 30 heavy (non-hydrogen) atoms. The molecule has 3 aromatic rings. The number of rotatable bonds is 8. The van der Waals surface area contributed by atoms with E-state index in [9.17, 15) is 9.59 Å². The molecule has 3 N–H and O–H groups in total. The van der Waals surface area contributed by atoms with E-state index in [1.165, 1.54) is 0 Å². The van der Waals surface area contributed by atoms with Crippen LogP contribution in [0.4, 0.5) is 0 Å². The van der Waals surface area contributed by atoms with Crippen molar-refractivity contribution in [2.24, 2.45) is 5.73 Å². The Labute approximate surface area is 181 Å². The zero-order chi connectivity index (χ0) is 20.6. The first-order valence-corrected chi connectivity index (χ1v) is 9.47. The van der Waals surface area contributed by atoms with Crippen LogP contribution in [0.5, 0.6) is 0 Å². The molecule has 0 aliphatic carbocycles. The van der Waals surface area contributed by atoms with Gasteiger partial charge in [0.05, 0.1) is 6.42 Å². The van der Waals surface area contributed by atoms with Crippen LogP contribution in [-0.4, -0.2) is 43.8 Å². The molecule has 0 fully saturated rings. The molecular weight excluding hydrogens is 404 g/mol. The van der Waals surface area contributed by atoms with Crippen LogP contribution in [0, 0.1) is 6.92 Å². The van der Waals surface area contributed by atoms with Crippen molar-refractivity contribution in [2.75, 3.05) is 13.1 Å². The first kappa shape index (κ1) is 23.2. The van der Waals surface area contributed by atoms with E-state index in [0.29, 0.717) is 43.1 Å². The van der Waals surface area contributed by atoms with Gasteiger partial charge in [-0.05, 0) is 31.5 Å². The fourth-order valence-corrected chi connectivity index (χ4v) is 2.99. The summed E-state index contributed by atoms with van der Waals surface area (Å²) >= 11 is 0. The molecule has 0 bridgehead atoms. The summed E-state index contributed by atoms with van der Waals surface area (Å²) in [6, 6.07) is 11.4. The molecule has 0 aliphatic heterocycles. The minimum atomic E-state index is -0.355. The summed E-state index contributed by atoms with van der Waals surface area (Å²) < 4.78 is 0. The maximum absolute atomic E-state index is 13.0. The van der Waals surface area contributed by atoms with Crippen molar-refractivity contribution in [1.29, 1.82) is 0 Å². The number of benzene rings is 1. The summed E-state index contributed by atoms with van der Waals surface area (Å²) in [7, 11) is 0. The van der Waals surface area contributed by atoms with E-state index in [2.05, 4.69) is 19.9 Å². The summed E-state index contributed by atoms with van der Waals surface area (Å²) in [6.45, 7) is 3.21. The van der Waals surface area contributed by atoms with Crippen molar-refractivity contribution in [1.82, 2.24) is 24.8 Å². The van der Waals surface area contributed by atoms with Crippen molar-refractivity contribution in [2.45, 2.75) is 26.3 Å². The second kappa shape index (κ2) is 11.2. The average Bonchev–Trinajstić information content (AvgIpc) is 2.74. The van der Waals surface area contributed by atoms with E-state index in [4.69, 9.17) is 5.73 Å². The molecule has 0 aliphatic rings. The number of halogens is 1. The van der Waals surface area contributed by atoms with Crippen LogP contribution in [0.3, 0.4) is 0 Å². The molecule has 2 aromatic heterocycles. The maximum atomic E-state index is 13.0. The number of aryl methyl sites for hydroxylation is 1. The highest BCUT2D eigenvalue weighted by Gasteiger charge is 2.19. The monoisotopic (exact) mass is 428 g/mol. The zero-order valence-corrected chi connectivity index (χ0v) is 17.6. The standard InChI is InChI=1S/C21H24N6O2.ClH/c1-15-17(21(29)26-20(25-15)19-23-10-6-11-24-19)13-18(28)27(12-5-9-22)14-16-7-3-2-4-8-16;/h2-4,6-8,10-11H,5,9,12-14,22H2,1H3,(H,25,26,29);1H. The number of nitrogens with zero attached hydrogens (tertiary/aromatic N) is 4. The number of hydrogen-bond acceptors (Lipinski definition) is 6. The van der Waals surface area contributed by atoms with E-state index in [-0.39, 0.29) is 36.1 Å². The highest BCUT2D eigenvalue weighted by atomic mass is 35.5. The number of carbonyl (C=O) groups excluding carboxylic acids is 1. The number of carbonyl (C=O) groups is 1. The number of nitrogens with two attached hydrogens (primary N) is 1. The Morgan fingerprint density at radius 1 is 1.13 bits per heavy atom. The molecule has 0 spiro atoms. The number of nitrogens with one attached hydrogen (secondary N) is 1. The first-order chi connectivity index (χ1) is 14.1. The normalized spacial score (nSPS) is 10.3. The SMILES string of the molecule is Cc1nc(-c2ncccn2)[nH]c(=O)c1CC(=O)N(CCCN)Cc1ccccc1.Cl. The minimum Gasteiger partial charge on any atom is -0.338 e. The van der Waals surface area contributed by atoms with Gasteiger partial charge in [-0.2, -0.15) is 0 Å². The first-order valence-electron chi connectivity index (χ1n) is 9.47. The van der Waals surface area contributed by atoms with Gasteiger partial charge in [-0.15, -0.1) is 12.4 Å². The van der Waals surface area contributed by atoms with E-state index >= 15 is 0 Å². The van der Waals surface area contributed by atoms with Gasteiger partial charge in [-0.25, -0.2) is 15.0 Å². The third kappa shape index (κ3) is 5.95. The molecule has 8 nitrogen and oxygen atoms in total. The summed E-state index contributed by atoms with van der Waals surface area (Å²) in [4.78, 5) is 42.6. The Kier molecular flexibility index (Phi) is 8.64. The zero-order valence-electron chi connectivity index (χ0n) is 16.7. The number of aromatic amines is 1. The number of hydrogen-bond donors (Lipinski definition) is 2. The van der Waals surface area contributed by atoms with Crippen LogP contribution >= 0.6 is 12.4 Å². The van der Waals surface area contributed by atoms with Crippen LogP contribution in [-0.2, 0) is 17.8 Å². The van der Waals surface area contributed by atoms with Crippen molar-refractivity contribution >= 4 is 18.3 Å². The molecule has 1 aromatic carbocycles. The van der Waals surface area contributed by atoms with Gasteiger partial charge in [0.15, 0.2) is 11.6 Å². The number of amides is 1. The summed E-state index contributed by atoms with van der Waals surface area (Å²) in [5.74, 6) is 0.481. The predicted molar refractivity (Wildman–Crippen MR) is 117 cm³/mol. The maximum Gasteiger partial charge on any atom is 0.255 e. The van der Waals surface area contributed by atoms with Gasteiger partial charge in [-0.3, -0.25) is 9.59 Å². The lowest BCUT2D eigenvalue weighted by atomic mass is 10.1. The second-order valence-corrected chi connectivity index (χ2v) is 6.67. The molecule has 1 amide bonds. The van der Waals surface area contributed by atoms with Crippen molar-refractivity contribution in [3.8, 4) is 11.6 Å². The molecule has 0 saturated heterocycles. The lowest BCUT2D eigenvalue weighted by molar-refractivity contribution is -0.131. The van der Waals surface area contributed by atoms with Crippen molar-refractivity contribution < 1.29 is 4.79 Å². The molecule has 9 heteroatoms. The van der Waals surface area contributed by atoms with E-state index in [1.54, 1.807) is 30.3 Å². The van der Waals surface area contributed by atoms with Gasteiger partial charge in [0.25, 0.3) is 5.56 Å². The van der Waals surface area contributed by atoms with Gasteiger partial charge in [0, 0.05) is 36.7 Å². The quantitative estimate of drug-likeness (QED) is 0.565. The highest BCUT2D eigenvalue weighted by molar-refractivity contribution is 5.85. The van der Waals surface area contributed by atoms with Crippen LogP contribution in [0.25, 0.3) is 11.6 Å². The van der Waals surface area contributed by atoms with Gasteiger partial charge in [-0.1, -0.05) is 30.3 Å². The Bertz CT molecular complexity index is 1010. The molecule has 0 radical (unpaired) electrons. The van der Waals surface area contributed by atoms with Gasteiger partial charge >= 0.3 is 0 Å². The largest absolute Gasteiger partial charge is 0.338 e. The molecule has 0 atom stereocenters. The van der Waals surface area contributed by atoms with Gasteiger partial charge in [0.1, 0.15) is 0 Å². The number of H-pyrrole nitrogens is 1. The smallest absolute Gasteiger partial charge is 0.255 e. The molecule has 3 rings (SSSR count). The lowest BCUT2D eigenvalue weighted by Crippen LogP contribution is -2.35. The molecule has 0 saturated carbocycles. The third-order valence-electron chi connectivity index (χ3n) is 4.53. The van der Waals surface area contributed by atoms with Crippen molar-refractivity contribution in [3.63, 3.8) is 0 Å². The highest BCUT2D eigenvalue weighted by Crippen LogP contribution is 2.11. The summed E-state index contributed by atoms with van der Waals surface area (Å²) in [6.07, 6.45) is 3.82. The second-order valence-electron chi connectivity index (χ2n) is 6.67. The fraction of sp³-hybridized carbons (Fsp3) is 0.286. The van der Waals surface area contributed by atoms with Gasteiger partial charge in [0.2, 0.25) is 5.91 Å². The van der Waals surface area contributed by atoms with E-state index in [1.807, 2.05) is 30.3 Å². The lowest BCUT2D eigenvalue weighted by Gasteiger charge is -2.23. The van der Waals surface area contributed by atoms with Crippen LogP contribution < -0.4 is 11.3 Å². The molecule has 0 unspecified atom stereocenters. The Morgan fingerprint density at radius 3 is 2.47 bits per heavy atom. The Balaban J connectivity index is 0.00000320. The molecular formula is C21H25ClN6O2. The molecule has 2 heterocycles. The number of aromatic nitrogens is 4. The van der Waals surface area contributed by atoms with Crippen LogP contribution in [0.2, 0.25) is 0 Å². The van der Waals surface area contributed by atoms with Crippen molar-refractivity contribution in [3.05, 3.63) is 76.0 Å². The topological polar surface area (TPSA) is 118 Å². The summed E-state index contributed by atoms with van der Waals surface area (Å²) in [5, 5.41) is 0. The predicted octanol–water partition coefficient (Wildman–Crippen LogP) is 1.88. The fourth-order valence-electron chi connectivity index (χ4n) is 2.99. The Hall–Kier alpha value is -3.10. The average molecular weight is 429 g/mol. The van der Waals surface area contributed by atoms with Crippen LogP contribution in [0.1, 0.15) is 23.2 Å². The van der Waals surface area contributed by atoms with Crippen LogP contribution in [0.15, 0.2) is 53.6 Å². The third-order valence-corrected chi connectivity index (χ3v) is 4.53. The Morgan fingerprint density at radius 2 is 1.83 bits per heavy atom. The molecule has 158 valence electrons.